The SMILES string of the molecule is CC(C)OC(=O)CNc1c(F)cc(F)cc1Br. The molecule has 3 nitrogen and oxygen atoms in total. The highest BCUT2D eigenvalue weighted by atomic mass is 79.9. The molecule has 0 saturated heterocycles. The summed E-state index contributed by atoms with van der Waals surface area (Å²) in [6.07, 6.45) is -0.231. The van der Waals surface area contributed by atoms with E-state index in [0.29, 0.717) is 0 Å². The van der Waals surface area contributed by atoms with Crippen LogP contribution >= 0.6 is 15.9 Å². The molecule has 1 N–H and O–H groups in total. The molecule has 0 radical (unpaired) electrons. The summed E-state index contributed by atoms with van der Waals surface area (Å²) in [4.78, 5) is 11.2. The van der Waals surface area contributed by atoms with Gasteiger partial charge in [-0.05, 0) is 35.8 Å². The zero-order valence-corrected chi connectivity index (χ0v) is 11.0. The Balaban J connectivity index is 2.67. The van der Waals surface area contributed by atoms with E-state index < -0.39 is 17.6 Å². The minimum Gasteiger partial charge on any atom is -0.462 e. The number of halogens is 3. The van der Waals surface area contributed by atoms with Gasteiger partial charge in [0.05, 0.1) is 11.8 Å². The number of ether oxygens (including phenoxy) is 1. The van der Waals surface area contributed by atoms with Crippen LogP contribution in [0.1, 0.15) is 13.8 Å². The van der Waals surface area contributed by atoms with Gasteiger partial charge in [0.25, 0.3) is 0 Å². The van der Waals surface area contributed by atoms with E-state index in [1.54, 1.807) is 13.8 Å². The molecule has 1 aromatic carbocycles. The fourth-order valence-corrected chi connectivity index (χ4v) is 1.72. The molecule has 0 unspecified atom stereocenters. The molecule has 0 bridgehead atoms. The van der Waals surface area contributed by atoms with Crippen LogP contribution in [0.25, 0.3) is 0 Å². The molecule has 0 fully saturated rings. The molecule has 0 heterocycles. The van der Waals surface area contributed by atoms with Gasteiger partial charge >= 0.3 is 5.97 Å². The van der Waals surface area contributed by atoms with Crippen molar-refractivity contribution in [3.63, 3.8) is 0 Å². The van der Waals surface area contributed by atoms with E-state index in [1.165, 1.54) is 0 Å². The molecule has 17 heavy (non-hydrogen) atoms. The van der Waals surface area contributed by atoms with Gasteiger partial charge in [-0.25, -0.2) is 8.78 Å². The number of rotatable bonds is 4. The van der Waals surface area contributed by atoms with Gasteiger partial charge in [-0.15, -0.1) is 0 Å². The van der Waals surface area contributed by atoms with E-state index in [4.69, 9.17) is 4.74 Å². The molecule has 0 aliphatic rings. The monoisotopic (exact) mass is 307 g/mol. The van der Waals surface area contributed by atoms with Crippen LogP contribution in [0.5, 0.6) is 0 Å². The standard InChI is InChI=1S/C11H12BrF2NO2/c1-6(2)17-10(16)5-15-11-8(12)3-7(13)4-9(11)14/h3-4,6,15H,5H2,1-2H3. The molecule has 0 atom stereocenters. The summed E-state index contributed by atoms with van der Waals surface area (Å²) in [5.74, 6) is -1.96. The third-order valence-corrected chi connectivity index (χ3v) is 2.41. The van der Waals surface area contributed by atoms with Gasteiger partial charge in [0.1, 0.15) is 18.2 Å². The molecule has 0 saturated carbocycles. The second-order valence-corrected chi connectivity index (χ2v) is 4.49. The summed E-state index contributed by atoms with van der Waals surface area (Å²) in [7, 11) is 0. The van der Waals surface area contributed by atoms with Crippen molar-refractivity contribution < 1.29 is 18.3 Å². The van der Waals surface area contributed by atoms with E-state index in [0.717, 1.165) is 12.1 Å². The largest absolute Gasteiger partial charge is 0.462 e. The van der Waals surface area contributed by atoms with Crippen LogP contribution in [0, 0.1) is 11.6 Å². The first-order chi connectivity index (χ1) is 7.90. The lowest BCUT2D eigenvalue weighted by atomic mass is 10.3. The number of hydrogen-bond donors (Lipinski definition) is 1. The van der Waals surface area contributed by atoms with E-state index >= 15 is 0 Å². The molecule has 6 heteroatoms. The van der Waals surface area contributed by atoms with Gasteiger partial charge in [0, 0.05) is 10.5 Å². The lowest BCUT2D eigenvalue weighted by Gasteiger charge is -2.11. The van der Waals surface area contributed by atoms with Crippen LogP contribution in [0.2, 0.25) is 0 Å². The highest BCUT2D eigenvalue weighted by Gasteiger charge is 2.11. The molecule has 0 aliphatic heterocycles. The maximum absolute atomic E-state index is 13.3. The smallest absolute Gasteiger partial charge is 0.325 e. The molecule has 94 valence electrons. The number of anilines is 1. The molecular weight excluding hydrogens is 296 g/mol. The van der Waals surface area contributed by atoms with Crippen molar-refractivity contribution in [1.29, 1.82) is 0 Å². The fourth-order valence-electron chi connectivity index (χ4n) is 1.18. The fraction of sp³-hybridized carbons (Fsp3) is 0.364. The van der Waals surface area contributed by atoms with Crippen LogP contribution in [0.4, 0.5) is 14.5 Å². The number of hydrogen-bond acceptors (Lipinski definition) is 3. The first kappa shape index (κ1) is 13.9. The summed E-state index contributed by atoms with van der Waals surface area (Å²) in [6, 6.07) is 1.85. The lowest BCUT2D eigenvalue weighted by Crippen LogP contribution is -2.20. The molecule has 0 aromatic heterocycles. The second-order valence-electron chi connectivity index (χ2n) is 3.64. The molecule has 0 amide bonds. The summed E-state index contributed by atoms with van der Waals surface area (Å²) in [5, 5.41) is 2.55. The Labute approximate surface area is 106 Å². The molecule has 1 rings (SSSR count). The van der Waals surface area contributed by atoms with Gasteiger partial charge in [-0.1, -0.05) is 0 Å². The Bertz CT molecular complexity index is 401. The summed E-state index contributed by atoms with van der Waals surface area (Å²) in [5.41, 5.74) is 0.0344. The Morgan fingerprint density at radius 3 is 2.65 bits per heavy atom. The van der Waals surface area contributed by atoms with E-state index in [-0.39, 0.29) is 22.8 Å². The van der Waals surface area contributed by atoms with Gasteiger partial charge in [-0.2, -0.15) is 0 Å². The lowest BCUT2D eigenvalue weighted by molar-refractivity contribution is -0.145. The highest BCUT2D eigenvalue weighted by Crippen LogP contribution is 2.26. The van der Waals surface area contributed by atoms with E-state index in [2.05, 4.69) is 21.2 Å². The van der Waals surface area contributed by atoms with Gasteiger partial charge in [0.2, 0.25) is 0 Å². The van der Waals surface area contributed by atoms with Crippen LogP contribution in [-0.4, -0.2) is 18.6 Å². The number of carbonyl (C=O) groups is 1. The van der Waals surface area contributed by atoms with Crippen LogP contribution in [-0.2, 0) is 9.53 Å². The number of nitrogens with one attached hydrogen (secondary N) is 1. The Morgan fingerprint density at radius 1 is 1.47 bits per heavy atom. The van der Waals surface area contributed by atoms with Gasteiger partial charge in [0.15, 0.2) is 0 Å². The first-order valence-electron chi connectivity index (χ1n) is 4.98. The third kappa shape index (κ3) is 4.30. The summed E-state index contributed by atoms with van der Waals surface area (Å²) in [6.45, 7) is 3.25. The Morgan fingerprint density at radius 2 is 2.12 bits per heavy atom. The minimum atomic E-state index is -0.769. The van der Waals surface area contributed by atoms with Crippen molar-refractivity contribution in [1.82, 2.24) is 0 Å². The van der Waals surface area contributed by atoms with Gasteiger partial charge < -0.3 is 10.1 Å². The van der Waals surface area contributed by atoms with Gasteiger partial charge in [-0.3, -0.25) is 4.79 Å². The molecule has 0 aliphatic carbocycles. The zero-order chi connectivity index (χ0) is 13.0. The van der Waals surface area contributed by atoms with Crippen LogP contribution < -0.4 is 5.32 Å². The van der Waals surface area contributed by atoms with Crippen molar-refractivity contribution in [3.8, 4) is 0 Å². The topological polar surface area (TPSA) is 38.3 Å². The maximum Gasteiger partial charge on any atom is 0.325 e. The number of benzene rings is 1. The third-order valence-electron chi connectivity index (χ3n) is 1.78. The second kappa shape index (κ2) is 5.95. The molecule has 1 aromatic rings. The number of carbonyl (C=O) groups excluding carboxylic acids is 1. The average molecular weight is 308 g/mol. The van der Waals surface area contributed by atoms with Crippen molar-refractivity contribution in [2.24, 2.45) is 0 Å². The predicted molar refractivity (Wildman–Crippen MR) is 63.8 cm³/mol. The summed E-state index contributed by atoms with van der Waals surface area (Å²) < 4.78 is 31.2. The van der Waals surface area contributed by atoms with Crippen molar-refractivity contribution in [2.75, 3.05) is 11.9 Å². The normalized spacial score (nSPS) is 10.5. The molecular formula is C11H12BrF2NO2. The van der Waals surface area contributed by atoms with Crippen LogP contribution in [0.3, 0.4) is 0 Å². The number of esters is 1. The Kier molecular flexibility index (Phi) is 4.86. The van der Waals surface area contributed by atoms with E-state index in [9.17, 15) is 13.6 Å². The average Bonchev–Trinajstić information content (AvgIpc) is 2.14. The van der Waals surface area contributed by atoms with Crippen molar-refractivity contribution in [2.45, 2.75) is 20.0 Å². The first-order valence-corrected chi connectivity index (χ1v) is 5.77. The van der Waals surface area contributed by atoms with Crippen LogP contribution in [0.15, 0.2) is 16.6 Å². The summed E-state index contributed by atoms with van der Waals surface area (Å²) >= 11 is 3.00. The maximum atomic E-state index is 13.3. The van der Waals surface area contributed by atoms with E-state index in [1.807, 2.05) is 0 Å². The quantitative estimate of drug-likeness (QED) is 0.869. The molecule has 0 spiro atoms. The van der Waals surface area contributed by atoms with Crippen molar-refractivity contribution in [3.05, 3.63) is 28.2 Å². The predicted octanol–water partition coefficient (Wildman–Crippen LogP) is 3.09. The zero-order valence-electron chi connectivity index (χ0n) is 9.39. The minimum absolute atomic E-state index is 0.0344. The highest BCUT2D eigenvalue weighted by molar-refractivity contribution is 9.10. The Hall–Kier alpha value is -1.17. The van der Waals surface area contributed by atoms with Crippen molar-refractivity contribution >= 4 is 27.6 Å².